The van der Waals surface area contributed by atoms with Crippen LogP contribution in [0.25, 0.3) is 0 Å². The lowest BCUT2D eigenvalue weighted by Gasteiger charge is -2.13. The Morgan fingerprint density at radius 2 is 1.91 bits per heavy atom. The van der Waals surface area contributed by atoms with Gasteiger partial charge in [0.05, 0.1) is 31.3 Å². The predicted octanol–water partition coefficient (Wildman–Crippen LogP) is 2.34. The van der Waals surface area contributed by atoms with Gasteiger partial charge in [0.1, 0.15) is 16.4 Å². The van der Waals surface area contributed by atoms with E-state index in [0.717, 1.165) is 0 Å². The fourth-order valence-corrected chi connectivity index (χ4v) is 3.94. The lowest BCUT2D eigenvalue weighted by Crippen LogP contribution is -2.15. The lowest BCUT2D eigenvalue weighted by atomic mass is 10.3. The quantitative estimate of drug-likeness (QED) is 0.873. The highest BCUT2D eigenvalue weighted by atomic mass is 32.2. The third kappa shape index (κ3) is 3.26. The largest absolute Gasteiger partial charge is 0.497 e. The molecule has 0 aliphatic heterocycles. The summed E-state index contributed by atoms with van der Waals surface area (Å²) in [6.45, 7) is 5.93. The van der Waals surface area contributed by atoms with Crippen LogP contribution >= 0.6 is 0 Å². The zero-order valence-electron chi connectivity index (χ0n) is 13.9. The van der Waals surface area contributed by atoms with Crippen LogP contribution in [0.1, 0.15) is 18.3 Å². The van der Waals surface area contributed by atoms with E-state index >= 15 is 0 Å². The average molecular weight is 339 g/mol. The maximum absolute atomic E-state index is 12.8. The lowest BCUT2D eigenvalue weighted by molar-refractivity contribution is 0.405. The molecule has 126 valence electrons. The van der Waals surface area contributed by atoms with Crippen molar-refractivity contribution in [2.45, 2.75) is 32.2 Å². The number of hydrogen-bond acceptors (Lipinski definition) is 5. The Hall–Kier alpha value is -2.22. The van der Waals surface area contributed by atoms with Gasteiger partial charge in [0.25, 0.3) is 10.0 Å². The van der Waals surface area contributed by atoms with E-state index in [2.05, 4.69) is 9.82 Å². The highest BCUT2D eigenvalue weighted by molar-refractivity contribution is 7.92. The van der Waals surface area contributed by atoms with Gasteiger partial charge in [-0.25, -0.2) is 8.42 Å². The number of nitrogens with zero attached hydrogens (tertiary/aromatic N) is 2. The molecule has 0 bridgehead atoms. The Morgan fingerprint density at radius 1 is 1.22 bits per heavy atom. The van der Waals surface area contributed by atoms with Crippen molar-refractivity contribution in [3.63, 3.8) is 0 Å². The molecule has 0 radical (unpaired) electrons. The number of aryl methyl sites for hydroxylation is 2. The second kappa shape index (κ2) is 6.49. The van der Waals surface area contributed by atoms with E-state index in [9.17, 15) is 8.42 Å². The van der Waals surface area contributed by atoms with Crippen LogP contribution in [0.4, 0.5) is 5.69 Å². The zero-order valence-corrected chi connectivity index (χ0v) is 14.7. The summed E-state index contributed by atoms with van der Waals surface area (Å²) in [4.78, 5) is 0.184. The Morgan fingerprint density at radius 3 is 2.43 bits per heavy atom. The summed E-state index contributed by atoms with van der Waals surface area (Å²) < 4.78 is 40.1. The number of hydrogen-bond donors (Lipinski definition) is 1. The molecule has 1 N–H and O–H groups in total. The molecular formula is C15H21N3O4S. The van der Waals surface area contributed by atoms with Crippen LogP contribution in [0.3, 0.4) is 0 Å². The molecule has 0 unspecified atom stereocenters. The Balaban J connectivity index is 2.49. The summed E-state index contributed by atoms with van der Waals surface area (Å²) in [6, 6.07) is 4.92. The molecule has 0 aliphatic rings. The minimum atomic E-state index is -3.79. The summed E-state index contributed by atoms with van der Waals surface area (Å²) in [5, 5.41) is 4.25. The molecule has 2 rings (SSSR count). The molecule has 7 nitrogen and oxygen atoms in total. The standard InChI is InChI=1S/C15H21N3O4S/c1-6-18-11(3)15(10(2)16-18)23(19,20)17-13-9-12(21-4)7-8-14(13)22-5/h7-9,17H,6H2,1-5H3. The zero-order chi connectivity index (χ0) is 17.2. The van der Waals surface area contributed by atoms with Gasteiger partial charge in [0.15, 0.2) is 0 Å². The molecule has 2 aromatic rings. The first-order chi connectivity index (χ1) is 10.8. The van der Waals surface area contributed by atoms with Crippen molar-refractivity contribution in [3.8, 4) is 11.5 Å². The van der Waals surface area contributed by atoms with Crippen LogP contribution in [0.2, 0.25) is 0 Å². The number of sulfonamides is 1. The molecule has 0 fully saturated rings. The Labute approximate surface area is 136 Å². The molecule has 0 spiro atoms. The highest BCUT2D eigenvalue weighted by Gasteiger charge is 2.25. The van der Waals surface area contributed by atoms with Crippen molar-refractivity contribution in [3.05, 3.63) is 29.6 Å². The summed E-state index contributed by atoms with van der Waals surface area (Å²) in [5.41, 5.74) is 1.37. The maximum atomic E-state index is 12.8. The topological polar surface area (TPSA) is 82.5 Å². The van der Waals surface area contributed by atoms with E-state index < -0.39 is 10.0 Å². The molecule has 1 aromatic carbocycles. The molecule has 1 aromatic heterocycles. The van der Waals surface area contributed by atoms with Crippen molar-refractivity contribution in [1.82, 2.24) is 9.78 Å². The molecule has 0 atom stereocenters. The van der Waals surface area contributed by atoms with Gasteiger partial charge in [0, 0.05) is 12.6 Å². The van der Waals surface area contributed by atoms with E-state index in [1.165, 1.54) is 14.2 Å². The number of anilines is 1. The van der Waals surface area contributed by atoms with Crippen LogP contribution in [0.5, 0.6) is 11.5 Å². The van der Waals surface area contributed by atoms with E-state index in [-0.39, 0.29) is 4.90 Å². The fourth-order valence-electron chi connectivity index (χ4n) is 2.47. The number of rotatable bonds is 6. The van der Waals surface area contributed by atoms with Crippen LogP contribution in [0.15, 0.2) is 23.1 Å². The minimum Gasteiger partial charge on any atom is -0.497 e. The molecular weight excluding hydrogens is 318 g/mol. The number of nitrogens with one attached hydrogen (secondary N) is 1. The van der Waals surface area contributed by atoms with Gasteiger partial charge in [-0.3, -0.25) is 9.40 Å². The Kier molecular flexibility index (Phi) is 4.84. The van der Waals surface area contributed by atoms with E-state index in [4.69, 9.17) is 9.47 Å². The predicted molar refractivity (Wildman–Crippen MR) is 87.7 cm³/mol. The highest BCUT2D eigenvalue weighted by Crippen LogP contribution is 2.32. The van der Waals surface area contributed by atoms with Gasteiger partial charge in [-0.1, -0.05) is 0 Å². The normalized spacial score (nSPS) is 11.3. The number of methoxy groups -OCH3 is 2. The smallest absolute Gasteiger partial charge is 0.265 e. The van der Waals surface area contributed by atoms with Gasteiger partial charge in [-0.2, -0.15) is 5.10 Å². The number of benzene rings is 1. The van der Waals surface area contributed by atoms with Crippen LogP contribution < -0.4 is 14.2 Å². The van der Waals surface area contributed by atoms with Crippen LogP contribution in [0, 0.1) is 13.8 Å². The number of aromatic nitrogens is 2. The van der Waals surface area contributed by atoms with E-state index in [1.54, 1.807) is 36.7 Å². The summed E-state index contributed by atoms with van der Waals surface area (Å²) >= 11 is 0. The van der Waals surface area contributed by atoms with Gasteiger partial charge in [-0.05, 0) is 32.9 Å². The second-order valence-electron chi connectivity index (χ2n) is 4.99. The SMILES string of the molecule is CCn1nc(C)c(S(=O)(=O)Nc2cc(OC)ccc2OC)c1C. The minimum absolute atomic E-state index is 0.184. The first-order valence-electron chi connectivity index (χ1n) is 7.12. The van der Waals surface area contributed by atoms with E-state index in [1.807, 2.05) is 6.92 Å². The Bertz CT molecular complexity index is 812. The molecule has 0 amide bonds. The van der Waals surface area contributed by atoms with Crippen molar-refractivity contribution >= 4 is 15.7 Å². The van der Waals surface area contributed by atoms with Crippen molar-refractivity contribution in [2.24, 2.45) is 0 Å². The number of ether oxygens (including phenoxy) is 2. The van der Waals surface area contributed by atoms with Crippen molar-refractivity contribution < 1.29 is 17.9 Å². The van der Waals surface area contributed by atoms with Crippen molar-refractivity contribution in [1.29, 1.82) is 0 Å². The summed E-state index contributed by atoms with van der Waals surface area (Å²) in [6.07, 6.45) is 0. The van der Waals surface area contributed by atoms with Crippen molar-refractivity contribution in [2.75, 3.05) is 18.9 Å². The first-order valence-corrected chi connectivity index (χ1v) is 8.61. The average Bonchev–Trinajstić information content (AvgIpc) is 2.81. The molecule has 8 heteroatoms. The van der Waals surface area contributed by atoms with E-state index in [0.29, 0.717) is 35.1 Å². The monoisotopic (exact) mass is 339 g/mol. The summed E-state index contributed by atoms with van der Waals surface area (Å²) in [5.74, 6) is 0.939. The summed E-state index contributed by atoms with van der Waals surface area (Å²) in [7, 11) is -0.799. The third-order valence-electron chi connectivity index (χ3n) is 3.53. The second-order valence-corrected chi connectivity index (χ2v) is 6.61. The van der Waals surface area contributed by atoms with Gasteiger partial charge >= 0.3 is 0 Å². The van der Waals surface area contributed by atoms with Crippen LogP contribution in [-0.4, -0.2) is 32.4 Å². The molecule has 0 saturated heterocycles. The molecule has 0 aliphatic carbocycles. The first kappa shape index (κ1) is 17.1. The van der Waals surface area contributed by atoms with Gasteiger partial charge in [-0.15, -0.1) is 0 Å². The van der Waals surface area contributed by atoms with Gasteiger partial charge < -0.3 is 9.47 Å². The molecule has 0 saturated carbocycles. The third-order valence-corrected chi connectivity index (χ3v) is 5.15. The maximum Gasteiger partial charge on any atom is 0.265 e. The van der Waals surface area contributed by atoms with Crippen LogP contribution in [-0.2, 0) is 16.6 Å². The fraction of sp³-hybridized carbons (Fsp3) is 0.400. The van der Waals surface area contributed by atoms with Gasteiger partial charge in [0.2, 0.25) is 0 Å². The molecule has 1 heterocycles. The molecule has 23 heavy (non-hydrogen) atoms.